The minimum absolute atomic E-state index is 0.0948. The van der Waals surface area contributed by atoms with Gasteiger partial charge in [0.05, 0.1) is 12.3 Å². The van der Waals surface area contributed by atoms with Crippen LogP contribution in [0.25, 0.3) is 0 Å². The van der Waals surface area contributed by atoms with Crippen molar-refractivity contribution in [3.8, 4) is 0 Å². The number of hydrogen-bond acceptors (Lipinski definition) is 6. The lowest BCUT2D eigenvalue weighted by molar-refractivity contribution is -0.114. The van der Waals surface area contributed by atoms with E-state index in [9.17, 15) is 14.4 Å². The molecule has 0 atom stereocenters. The molecular formula is C27H40ClN5O3S. The Morgan fingerprint density at radius 2 is 1.78 bits per heavy atom. The molecule has 2 aromatic rings. The molecule has 1 aliphatic heterocycles. The van der Waals surface area contributed by atoms with Crippen LogP contribution in [0.3, 0.4) is 0 Å². The highest BCUT2D eigenvalue weighted by Crippen LogP contribution is 2.23. The molecule has 0 bridgehead atoms. The maximum Gasteiger partial charge on any atom is 0.302 e. The maximum atomic E-state index is 12.2. The molecule has 1 aliphatic rings. The standard InChI is InChI=1S/C18H16ClN3O2S.C5H12N2O.2C2H6/c1-12(23)20-16-4-2-3-13(9-16)10-22-18(24)25-11-17(21-22)14-5-7-15(19)8-6-14;1-7(2)4-3-6-5-8;2*1-2/h2-9H,10-11H2,1H3,(H,20,23);5H,3-4H2,1-2H3,(H,6,8);2*1-2H3. The SMILES string of the molecule is CC.CC.CC(=O)Nc1cccc(CN2N=C(c3ccc(Cl)cc3)CSC2=O)c1.CN(C)CCNC=O. The van der Waals surface area contributed by atoms with E-state index in [0.29, 0.717) is 29.4 Å². The Hall–Kier alpha value is -2.88. The van der Waals surface area contributed by atoms with E-state index in [1.807, 2.05) is 89.2 Å². The van der Waals surface area contributed by atoms with E-state index in [1.54, 1.807) is 6.07 Å². The number of rotatable bonds is 8. The van der Waals surface area contributed by atoms with Crippen molar-refractivity contribution in [1.29, 1.82) is 0 Å². The fourth-order valence-corrected chi connectivity index (χ4v) is 3.64. The van der Waals surface area contributed by atoms with Crippen molar-refractivity contribution in [3.05, 3.63) is 64.7 Å². The lowest BCUT2D eigenvalue weighted by Gasteiger charge is -2.23. The predicted molar refractivity (Wildman–Crippen MR) is 157 cm³/mol. The summed E-state index contributed by atoms with van der Waals surface area (Å²) in [5.41, 5.74) is 3.37. The summed E-state index contributed by atoms with van der Waals surface area (Å²) in [5, 5.41) is 11.8. The second-order valence-electron chi connectivity index (χ2n) is 7.42. The highest BCUT2D eigenvalue weighted by molar-refractivity contribution is 8.14. The average molecular weight is 550 g/mol. The molecule has 3 rings (SSSR count). The number of halogens is 1. The molecule has 3 amide bonds. The Bertz CT molecular complexity index is 984. The molecule has 0 radical (unpaired) electrons. The number of hydrogen-bond donors (Lipinski definition) is 2. The zero-order valence-corrected chi connectivity index (χ0v) is 24.4. The molecule has 1 heterocycles. The van der Waals surface area contributed by atoms with E-state index in [0.717, 1.165) is 29.9 Å². The van der Waals surface area contributed by atoms with Crippen LogP contribution in [0.2, 0.25) is 5.02 Å². The van der Waals surface area contributed by atoms with Gasteiger partial charge in [0.1, 0.15) is 0 Å². The van der Waals surface area contributed by atoms with Gasteiger partial charge in [0, 0.05) is 36.5 Å². The second kappa shape index (κ2) is 20.2. The van der Waals surface area contributed by atoms with Gasteiger partial charge in [-0.25, -0.2) is 5.01 Å². The summed E-state index contributed by atoms with van der Waals surface area (Å²) in [6, 6.07) is 14.8. The molecule has 0 aromatic heterocycles. The molecule has 10 heteroatoms. The van der Waals surface area contributed by atoms with Crippen molar-refractivity contribution in [2.45, 2.75) is 41.2 Å². The van der Waals surface area contributed by atoms with Gasteiger partial charge in [-0.1, -0.05) is 75.3 Å². The van der Waals surface area contributed by atoms with Gasteiger partial charge in [-0.2, -0.15) is 5.10 Å². The number of benzene rings is 2. The van der Waals surface area contributed by atoms with Crippen LogP contribution < -0.4 is 10.6 Å². The summed E-state index contributed by atoms with van der Waals surface area (Å²) in [4.78, 5) is 35.0. The van der Waals surface area contributed by atoms with E-state index < -0.39 is 0 Å². The Kier molecular flexibility index (Phi) is 18.6. The van der Waals surface area contributed by atoms with E-state index in [2.05, 4.69) is 15.7 Å². The quantitative estimate of drug-likeness (QED) is 0.324. The molecule has 2 aromatic carbocycles. The first kappa shape index (κ1) is 34.1. The van der Waals surface area contributed by atoms with Crippen molar-refractivity contribution >= 4 is 52.3 Å². The smallest absolute Gasteiger partial charge is 0.302 e. The van der Waals surface area contributed by atoms with E-state index in [1.165, 1.54) is 23.7 Å². The van der Waals surface area contributed by atoms with Crippen LogP contribution in [0, 0.1) is 0 Å². The van der Waals surface area contributed by atoms with E-state index >= 15 is 0 Å². The molecule has 0 aliphatic carbocycles. The zero-order chi connectivity index (χ0) is 28.2. The molecule has 0 saturated heterocycles. The Balaban J connectivity index is 0.000000917. The van der Waals surface area contributed by atoms with Crippen LogP contribution in [0.4, 0.5) is 10.5 Å². The molecule has 0 saturated carbocycles. The van der Waals surface area contributed by atoms with Gasteiger partial charge in [-0.3, -0.25) is 14.4 Å². The van der Waals surface area contributed by atoms with E-state index in [4.69, 9.17) is 11.6 Å². The first-order valence-electron chi connectivity index (χ1n) is 12.2. The molecule has 37 heavy (non-hydrogen) atoms. The lowest BCUT2D eigenvalue weighted by Crippen LogP contribution is -2.29. The first-order chi connectivity index (χ1) is 17.8. The lowest BCUT2D eigenvalue weighted by atomic mass is 10.1. The third kappa shape index (κ3) is 14.4. The van der Waals surface area contributed by atoms with Gasteiger partial charge in [0.25, 0.3) is 0 Å². The topological polar surface area (TPSA) is 94.1 Å². The zero-order valence-electron chi connectivity index (χ0n) is 22.9. The summed E-state index contributed by atoms with van der Waals surface area (Å²) in [5.74, 6) is 0.396. The highest BCUT2D eigenvalue weighted by Gasteiger charge is 2.22. The van der Waals surface area contributed by atoms with Gasteiger partial charge < -0.3 is 15.5 Å². The van der Waals surface area contributed by atoms with Crippen molar-refractivity contribution in [2.24, 2.45) is 5.10 Å². The van der Waals surface area contributed by atoms with Gasteiger partial charge in [-0.05, 0) is 49.5 Å². The molecule has 0 unspecified atom stereocenters. The monoisotopic (exact) mass is 549 g/mol. The minimum Gasteiger partial charge on any atom is -0.357 e. The average Bonchev–Trinajstić information content (AvgIpc) is 2.88. The van der Waals surface area contributed by atoms with Crippen LogP contribution in [0.15, 0.2) is 53.6 Å². The van der Waals surface area contributed by atoms with Gasteiger partial charge in [-0.15, -0.1) is 0 Å². The number of carbonyl (C=O) groups excluding carboxylic acids is 3. The fourth-order valence-electron chi connectivity index (χ4n) is 2.77. The number of nitrogens with zero attached hydrogens (tertiary/aromatic N) is 3. The number of thioether (sulfide) groups is 1. The summed E-state index contributed by atoms with van der Waals surface area (Å²) in [6.45, 7) is 11.4. The third-order valence-electron chi connectivity index (χ3n) is 4.33. The van der Waals surface area contributed by atoms with Crippen molar-refractivity contribution < 1.29 is 14.4 Å². The van der Waals surface area contributed by atoms with Crippen molar-refractivity contribution in [2.75, 3.05) is 38.3 Å². The fraction of sp³-hybridized carbons (Fsp3) is 0.407. The summed E-state index contributed by atoms with van der Waals surface area (Å²) < 4.78 is 0. The number of anilines is 1. The Labute approximate surface area is 230 Å². The number of amides is 3. The summed E-state index contributed by atoms with van der Waals surface area (Å²) in [6.07, 6.45) is 0.712. The van der Waals surface area contributed by atoms with Crippen LogP contribution in [0.5, 0.6) is 0 Å². The molecule has 8 nitrogen and oxygen atoms in total. The molecule has 204 valence electrons. The minimum atomic E-state index is -0.134. The first-order valence-corrected chi connectivity index (χ1v) is 13.6. The number of nitrogens with one attached hydrogen (secondary N) is 2. The second-order valence-corrected chi connectivity index (χ2v) is 8.79. The van der Waals surface area contributed by atoms with Crippen LogP contribution in [-0.2, 0) is 16.1 Å². The Morgan fingerprint density at radius 1 is 1.14 bits per heavy atom. The summed E-state index contributed by atoms with van der Waals surface area (Å²) in [7, 11) is 3.93. The number of hydrazone groups is 1. The molecule has 0 fully saturated rings. The van der Waals surface area contributed by atoms with E-state index in [-0.39, 0.29) is 11.1 Å². The van der Waals surface area contributed by atoms with Crippen LogP contribution in [0.1, 0.15) is 45.7 Å². The highest BCUT2D eigenvalue weighted by atomic mass is 35.5. The van der Waals surface area contributed by atoms with Gasteiger partial charge >= 0.3 is 5.24 Å². The van der Waals surface area contributed by atoms with Crippen molar-refractivity contribution in [1.82, 2.24) is 15.2 Å². The third-order valence-corrected chi connectivity index (χ3v) is 5.46. The number of likely N-dealkylation sites (N-methyl/N-ethyl adjacent to an activating group) is 1. The maximum absolute atomic E-state index is 12.2. The Morgan fingerprint density at radius 3 is 2.35 bits per heavy atom. The number of carbonyl (C=O) groups is 3. The van der Waals surface area contributed by atoms with Crippen LogP contribution in [-0.4, -0.2) is 66.1 Å². The normalized spacial score (nSPS) is 12.0. The van der Waals surface area contributed by atoms with Gasteiger partial charge in [0.2, 0.25) is 12.3 Å². The predicted octanol–water partition coefficient (Wildman–Crippen LogP) is 5.72. The van der Waals surface area contributed by atoms with Crippen molar-refractivity contribution in [3.63, 3.8) is 0 Å². The van der Waals surface area contributed by atoms with Gasteiger partial charge in [0.15, 0.2) is 0 Å². The molecule has 2 N–H and O–H groups in total. The molecular weight excluding hydrogens is 510 g/mol. The summed E-state index contributed by atoms with van der Waals surface area (Å²) >= 11 is 7.14. The largest absolute Gasteiger partial charge is 0.357 e. The molecule has 0 spiro atoms. The van der Waals surface area contributed by atoms with Crippen LogP contribution >= 0.6 is 23.4 Å².